The maximum atomic E-state index is 4.89. The van der Waals surface area contributed by atoms with Crippen molar-refractivity contribution in [3.8, 4) is 22.6 Å². The van der Waals surface area contributed by atoms with E-state index in [1.54, 1.807) is 0 Å². The molecule has 0 N–H and O–H groups in total. The highest BCUT2D eigenvalue weighted by atomic mass is 15.2. The number of aromatic nitrogens is 4. The van der Waals surface area contributed by atoms with Gasteiger partial charge in [-0.25, -0.2) is 9.97 Å². The predicted molar refractivity (Wildman–Crippen MR) is 107 cm³/mol. The van der Waals surface area contributed by atoms with Crippen molar-refractivity contribution >= 4 is 0 Å². The molecule has 0 radical (unpaired) electrons. The van der Waals surface area contributed by atoms with Crippen LogP contribution in [0.5, 0.6) is 0 Å². The average Bonchev–Trinajstić information content (AvgIpc) is 2.99. The Labute approximate surface area is 156 Å². The summed E-state index contributed by atoms with van der Waals surface area (Å²) in [7, 11) is 1.93. The van der Waals surface area contributed by atoms with E-state index in [1.165, 1.54) is 0 Å². The molecule has 0 aliphatic rings. The largest absolute Gasteiger partial charge is 0.275 e. The quantitative estimate of drug-likeness (QED) is 0.644. The molecule has 0 bridgehead atoms. The molecule has 0 saturated carbocycles. The molecular formula is C22H28N4. The molecule has 3 aromatic rings. The Balaban J connectivity index is 2.14. The van der Waals surface area contributed by atoms with Gasteiger partial charge in [-0.05, 0) is 18.2 Å². The minimum absolute atomic E-state index is 0.0315. The summed E-state index contributed by atoms with van der Waals surface area (Å²) < 4.78 is 1.82. The summed E-state index contributed by atoms with van der Waals surface area (Å²) >= 11 is 0. The van der Waals surface area contributed by atoms with Crippen LogP contribution in [-0.2, 0) is 17.9 Å². The highest BCUT2D eigenvalue weighted by Gasteiger charge is 2.23. The van der Waals surface area contributed by atoms with E-state index in [-0.39, 0.29) is 10.8 Å². The molecule has 4 heteroatoms. The van der Waals surface area contributed by atoms with E-state index in [9.17, 15) is 0 Å². The van der Waals surface area contributed by atoms with Gasteiger partial charge in [-0.1, -0.05) is 59.7 Å². The van der Waals surface area contributed by atoms with Gasteiger partial charge in [0.15, 0.2) is 5.82 Å². The fraction of sp³-hybridized carbons (Fsp3) is 0.409. The van der Waals surface area contributed by atoms with Gasteiger partial charge in [0.1, 0.15) is 0 Å². The van der Waals surface area contributed by atoms with E-state index in [0.717, 1.165) is 34.0 Å². The van der Waals surface area contributed by atoms with E-state index >= 15 is 0 Å². The minimum Gasteiger partial charge on any atom is -0.275 e. The SMILES string of the molecule is Cn1ccc(-c2cccc(-c3nc(C(C)(C)C)cc(C(C)(C)C)n3)c2)n1. The second kappa shape index (κ2) is 6.35. The molecule has 0 amide bonds. The van der Waals surface area contributed by atoms with Gasteiger partial charge in [0.25, 0.3) is 0 Å². The standard InChI is InChI=1S/C22H28N4/c1-21(2,3)18-14-19(22(4,5)6)24-20(23-18)16-10-8-9-15(13-16)17-11-12-26(7)25-17/h8-14H,1-7H3. The van der Waals surface area contributed by atoms with E-state index in [4.69, 9.17) is 9.97 Å². The third-order valence-electron chi connectivity index (χ3n) is 4.39. The van der Waals surface area contributed by atoms with Crippen molar-refractivity contribution < 1.29 is 0 Å². The summed E-state index contributed by atoms with van der Waals surface area (Å²) in [4.78, 5) is 9.78. The van der Waals surface area contributed by atoms with Crippen LogP contribution in [0.2, 0.25) is 0 Å². The van der Waals surface area contributed by atoms with Crippen molar-refractivity contribution in [1.82, 2.24) is 19.7 Å². The van der Waals surface area contributed by atoms with Gasteiger partial charge < -0.3 is 0 Å². The Hall–Kier alpha value is -2.49. The topological polar surface area (TPSA) is 43.6 Å². The maximum absolute atomic E-state index is 4.89. The monoisotopic (exact) mass is 348 g/mol. The minimum atomic E-state index is -0.0315. The van der Waals surface area contributed by atoms with Gasteiger partial charge >= 0.3 is 0 Å². The Kier molecular flexibility index (Phi) is 4.47. The summed E-state index contributed by atoms with van der Waals surface area (Å²) in [6.07, 6.45) is 1.95. The molecule has 0 fully saturated rings. The highest BCUT2D eigenvalue weighted by Crippen LogP contribution is 2.30. The van der Waals surface area contributed by atoms with E-state index in [2.05, 4.69) is 70.9 Å². The highest BCUT2D eigenvalue weighted by molar-refractivity contribution is 5.67. The number of aryl methyl sites for hydroxylation is 1. The second-order valence-corrected chi connectivity index (χ2v) is 8.92. The molecule has 2 aromatic heterocycles. The van der Waals surface area contributed by atoms with Crippen LogP contribution in [-0.4, -0.2) is 19.7 Å². The third kappa shape index (κ3) is 3.85. The first kappa shape index (κ1) is 18.3. The third-order valence-corrected chi connectivity index (χ3v) is 4.39. The summed E-state index contributed by atoms with van der Waals surface area (Å²) in [5.74, 6) is 0.778. The Morgan fingerprint density at radius 3 is 1.85 bits per heavy atom. The van der Waals surface area contributed by atoms with Gasteiger partial charge in [-0.3, -0.25) is 4.68 Å². The van der Waals surface area contributed by atoms with Crippen LogP contribution < -0.4 is 0 Å². The van der Waals surface area contributed by atoms with Crippen LogP contribution >= 0.6 is 0 Å². The van der Waals surface area contributed by atoms with E-state index in [1.807, 2.05) is 30.1 Å². The molecule has 3 rings (SSSR count). The van der Waals surface area contributed by atoms with Crippen molar-refractivity contribution in [2.75, 3.05) is 0 Å². The molecule has 0 aliphatic heterocycles. The lowest BCUT2D eigenvalue weighted by Crippen LogP contribution is -2.20. The smallest absolute Gasteiger partial charge is 0.159 e. The van der Waals surface area contributed by atoms with Crippen LogP contribution in [0, 0.1) is 0 Å². The zero-order chi connectivity index (χ0) is 19.1. The van der Waals surface area contributed by atoms with Gasteiger partial charge in [-0.15, -0.1) is 0 Å². The summed E-state index contributed by atoms with van der Waals surface area (Å²) in [5, 5.41) is 4.51. The normalized spacial score (nSPS) is 12.4. The fourth-order valence-corrected chi connectivity index (χ4v) is 2.73. The number of rotatable bonds is 2. The van der Waals surface area contributed by atoms with Crippen molar-refractivity contribution in [3.05, 3.63) is 54.0 Å². The zero-order valence-electron chi connectivity index (χ0n) is 16.8. The molecule has 4 nitrogen and oxygen atoms in total. The maximum Gasteiger partial charge on any atom is 0.159 e. The fourth-order valence-electron chi connectivity index (χ4n) is 2.73. The Morgan fingerprint density at radius 2 is 1.35 bits per heavy atom. The molecule has 0 aliphatic carbocycles. The lowest BCUT2D eigenvalue weighted by molar-refractivity contribution is 0.539. The lowest BCUT2D eigenvalue weighted by Gasteiger charge is -2.24. The molecule has 1 aromatic carbocycles. The summed E-state index contributed by atoms with van der Waals surface area (Å²) in [6, 6.07) is 12.5. The second-order valence-electron chi connectivity index (χ2n) is 8.92. The molecule has 26 heavy (non-hydrogen) atoms. The first-order valence-electron chi connectivity index (χ1n) is 9.04. The van der Waals surface area contributed by atoms with Crippen molar-refractivity contribution in [1.29, 1.82) is 0 Å². The number of benzene rings is 1. The van der Waals surface area contributed by atoms with Crippen LogP contribution in [0.15, 0.2) is 42.6 Å². The molecule has 0 unspecified atom stereocenters. The first-order valence-corrected chi connectivity index (χ1v) is 9.04. The average molecular weight is 348 g/mol. The van der Waals surface area contributed by atoms with E-state index < -0.39 is 0 Å². The van der Waals surface area contributed by atoms with Gasteiger partial charge in [-0.2, -0.15) is 5.10 Å². The first-order chi connectivity index (χ1) is 12.0. The van der Waals surface area contributed by atoms with E-state index in [0.29, 0.717) is 0 Å². The molecule has 0 saturated heterocycles. The number of hydrogen-bond acceptors (Lipinski definition) is 3. The van der Waals surface area contributed by atoms with Crippen LogP contribution in [0.25, 0.3) is 22.6 Å². The van der Waals surface area contributed by atoms with Gasteiger partial charge in [0.05, 0.1) is 17.1 Å². The van der Waals surface area contributed by atoms with Crippen LogP contribution in [0.3, 0.4) is 0 Å². The predicted octanol–water partition coefficient (Wildman–Crippen LogP) is 5.14. The van der Waals surface area contributed by atoms with Crippen LogP contribution in [0.4, 0.5) is 0 Å². The Morgan fingerprint density at radius 1 is 0.769 bits per heavy atom. The molecule has 0 spiro atoms. The van der Waals surface area contributed by atoms with Crippen molar-refractivity contribution in [3.63, 3.8) is 0 Å². The van der Waals surface area contributed by atoms with Crippen molar-refractivity contribution in [2.45, 2.75) is 52.4 Å². The summed E-state index contributed by atoms with van der Waals surface area (Å²) in [6.45, 7) is 13.1. The van der Waals surface area contributed by atoms with Gasteiger partial charge in [0, 0.05) is 35.2 Å². The molecular weight excluding hydrogens is 320 g/mol. The molecule has 136 valence electrons. The number of hydrogen-bond donors (Lipinski definition) is 0. The zero-order valence-corrected chi connectivity index (χ0v) is 16.8. The van der Waals surface area contributed by atoms with Crippen LogP contribution in [0.1, 0.15) is 52.9 Å². The number of nitrogens with zero attached hydrogens (tertiary/aromatic N) is 4. The summed E-state index contributed by atoms with van der Waals surface area (Å²) in [5.41, 5.74) is 5.12. The molecule has 2 heterocycles. The molecule has 0 atom stereocenters. The lowest BCUT2D eigenvalue weighted by atomic mass is 9.86. The van der Waals surface area contributed by atoms with Gasteiger partial charge in [0.2, 0.25) is 0 Å². The Bertz CT molecular complexity index is 892. The van der Waals surface area contributed by atoms with Crippen molar-refractivity contribution in [2.24, 2.45) is 7.05 Å².